The molecule has 9 heteroatoms. The SMILES string of the molecule is CN(c1cn(CCc2ccccc2)nn1)C1C(O)C(O)C(O)C(O)C1O. The van der Waals surface area contributed by atoms with Crippen molar-refractivity contribution in [1.29, 1.82) is 0 Å². The van der Waals surface area contributed by atoms with Gasteiger partial charge in [0.05, 0.1) is 12.2 Å². The molecule has 1 saturated carbocycles. The highest BCUT2D eigenvalue weighted by molar-refractivity contribution is 5.37. The predicted octanol–water partition coefficient (Wildman–Crippen LogP) is -1.86. The highest BCUT2D eigenvalue weighted by Crippen LogP contribution is 2.27. The summed E-state index contributed by atoms with van der Waals surface area (Å²) < 4.78 is 1.64. The van der Waals surface area contributed by atoms with Crippen LogP contribution in [0.25, 0.3) is 0 Å². The van der Waals surface area contributed by atoms with Crippen molar-refractivity contribution in [1.82, 2.24) is 15.0 Å². The van der Waals surface area contributed by atoms with Crippen LogP contribution in [0.1, 0.15) is 5.56 Å². The molecule has 0 saturated heterocycles. The molecule has 1 heterocycles. The summed E-state index contributed by atoms with van der Waals surface area (Å²) in [6.07, 6.45) is -5.25. The number of aromatic nitrogens is 3. The van der Waals surface area contributed by atoms with Crippen LogP contribution in [0.4, 0.5) is 5.82 Å². The van der Waals surface area contributed by atoms with Crippen molar-refractivity contribution in [3.8, 4) is 0 Å². The summed E-state index contributed by atoms with van der Waals surface area (Å²) in [6.45, 7) is 0.602. The van der Waals surface area contributed by atoms with Crippen LogP contribution in [0, 0.1) is 0 Å². The van der Waals surface area contributed by atoms with Gasteiger partial charge in [-0.2, -0.15) is 0 Å². The number of likely N-dealkylation sites (N-methyl/N-ethyl adjacent to an activating group) is 1. The number of aliphatic hydroxyl groups excluding tert-OH is 5. The summed E-state index contributed by atoms with van der Waals surface area (Å²) >= 11 is 0. The minimum atomic E-state index is -1.62. The summed E-state index contributed by atoms with van der Waals surface area (Å²) in [5.41, 5.74) is 1.16. The van der Waals surface area contributed by atoms with E-state index < -0.39 is 36.6 Å². The molecule has 1 fully saturated rings. The second-order valence-corrected chi connectivity index (χ2v) is 6.63. The Hall–Kier alpha value is -2.04. The molecule has 26 heavy (non-hydrogen) atoms. The van der Waals surface area contributed by atoms with Crippen molar-refractivity contribution in [2.75, 3.05) is 11.9 Å². The van der Waals surface area contributed by atoms with Crippen LogP contribution >= 0.6 is 0 Å². The fraction of sp³-hybridized carbons (Fsp3) is 0.529. The number of anilines is 1. The maximum atomic E-state index is 10.2. The molecule has 1 aliphatic rings. The molecular weight excluding hydrogens is 340 g/mol. The molecule has 1 aliphatic carbocycles. The fourth-order valence-corrected chi connectivity index (χ4v) is 3.27. The third kappa shape index (κ3) is 3.57. The first kappa shape index (κ1) is 18.7. The molecule has 1 aromatic carbocycles. The van der Waals surface area contributed by atoms with Crippen LogP contribution in [-0.2, 0) is 13.0 Å². The van der Waals surface area contributed by atoms with Gasteiger partial charge in [0.2, 0.25) is 0 Å². The van der Waals surface area contributed by atoms with Crippen molar-refractivity contribution in [3.63, 3.8) is 0 Å². The Morgan fingerprint density at radius 1 is 0.923 bits per heavy atom. The van der Waals surface area contributed by atoms with Crippen molar-refractivity contribution < 1.29 is 25.5 Å². The molecule has 4 unspecified atom stereocenters. The number of hydrogen-bond donors (Lipinski definition) is 5. The average molecular weight is 364 g/mol. The lowest BCUT2D eigenvalue weighted by Crippen LogP contribution is -2.68. The highest BCUT2D eigenvalue weighted by Gasteiger charge is 2.50. The number of rotatable bonds is 5. The minimum Gasteiger partial charge on any atom is -0.388 e. The van der Waals surface area contributed by atoms with Gasteiger partial charge >= 0.3 is 0 Å². The molecule has 0 aliphatic heterocycles. The third-order valence-electron chi connectivity index (χ3n) is 4.91. The Balaban J connectivity index is 1.70. The Bertz CT molecular complexity index is 696. The summed E-state index contributed by atoms with van der Waals surface area (Å²) in [5.74, 6) is 0.372. The molecular formula is C17H24N4O5. The van der Waals surface area contributed by atoms with Gasteiger partial charge in [0.1, 0.15) is 30.5 Å². The largest absolute Gasteiger partial charge is 0.388 e. The van der Waals surface area contributed by atoms with E-state index in [2.05, 4.69) is 10.3 Å². The van der Waals surface area contributed by atoms with Gasteiger partial charge in [-0.05, 0) is 12.0 Å². The van der Waals surface area contributed by atoms with Gasteiger partial charge in [0.25, 0.3) is 0 Å². The molecule has 0 amide bonds. The van der Waals surface area contributed by atoms with Crippen LogP contribution < -0.4 is 4.90 Å². The molecule has 142 valence electrons. The standard InChI is InChI=1S/C17H24N4O5/c1-20(12-13(22)15(24)17(26)16(25)14(12)23)11-9-21(19-18-11)8-7-10-5-3-2-4-6-10/h2-6,9,12-17,22-26H,7-8H2,1H3. The van der Waals surface area contributed by atoms with Crippen LogP contribution in [0.2, 0.25) is 0 Å². The van der Waals surface area contributed by atoms with E-state index in [1.165, 1.54) is 4.90 Å². The van der Waals surface area contributed by atoms with E-state index >= 15 is 0 Å². The van der Waals surface area contributed by atoms with E-state index in [9.17, 15) is 25.5 Å². The Morgan fingerprint density at radius 2 is 1.50 bits per heavy atom. The van der Waals surface area contributed by atoms with Gasteiger partial charge in [-0.25, -0.2) is 0 Å². The molecule has 0 bridgehead atoms. The van der Waals surface area contributed by atoms with Gasteiger partial charge in [-0.3, -0.25) is 4.68 Å². The zero-order valence-electron chi connectivity index (χ0n) is 14.4. The molecule has 4 atom stereocenters. The number of nitrogens with zero attached hydrogens (tertiary/aromatic N) is 4. The van der Waals surface area contributed by atoms with E-state index in [-0.39, 0.29) is 0 Å². The van der Waals surface area contributed by atoms with Crippen molar-refractivity contribution >= 4 is 5.82 Å². The Labute approximate surface area is 150 Å². The normalized spacial score (nSPS) is 31.8. The number of aliphatic hydroxyl groups is 5. The lowest BCUT2D eigenvalue weighted by molar-refractivity contribution is -0.185. The van der Waals surface area contributed by atoms with Crippen LogP contribution in [-0.4, -0.2) is 84.1 Å². The maximum absolute atomic E-state index is 10.2. The molecule has 0 radical (unpaired) electrons. The number of aryl methyl sites for hydroxylation is 2. The average Bonchev–Trinajstić information content (AvgIpc) is 3.13. The van der Waals surface area contributed by atoms with Gasteiger partial charge in [0, 0.05) is 13.6 Å². The quantitative estimate of drug-likeness (QED) is 0.417. The van der Waals surface area contributed by atoms with Crippen molar-refractivity contribution in [2.24, 2.45) is 0 Å². The Morgan fingerprint density at radius 3 is 2.12 bits per heavy atom. The van der Waals surface area contributed by atoms with Crippen LogP contribution in [0.15, 0.2) is 36.5 Å². The van der Waals surface area contributed by atoms with E-state index in [4.69, 9.17) is 0 Å². The summed E-state index contributed by atoms with van der Waals surface area (Å²) in [6, 6.07) is 8.88. The van der Waals surface area contributed by atoms with Crippen molar-refractivity contribution in [3.05, 3.63) is 42.1 Å². The van der Waals surface area contributed by atoms with Gasteiger partial charge in [-0.15, -0.1) is 5.10 Å². The molecule has 2 aromatic rings. The highest BCUT2D eigenvalue weighted by atomic mass is 16.4. The predicted molar refractivity (Wildman–Crippen MR) is 92.4 cm³/mol. The first-order chi connectivity index (χ1) is 12.4. The summed E-state index contributed by atoms with van der Waals surface area (Å²) in [4.78, 5) is 1.44. The van der Waals surface area contributed by atoms with Gasteiger partial charge < -0.3 is 30.4 Å². The first-order valence-electron chi connectivity index (χ1n) is 8.47. The fourth-order valence-electron chi connectivity index (χ4n) is 3.27. The minimum absolute atomic E-state index is 0.372. The second-order valence-electron chi connectivity index (χ2n) is 6.63. The van der Waals surface area contributed by atoms with E-state index in [1.807, 2.05) is 30.3 Å². The molecule has 9 nitrogen and oxygen atoms in total. The second kappa shape index (κ2) is 7.68. The van der Waals surface area contributed by atoms with Gasteiger partial charge in [-0.1, -0.05) is 35.5 Å². The number of hydrogen-bond acceptors (Lipinski definition) is 8. The van der Waals surface area contributed by atoms with Gasteiger partial charge in [0.15, 0.2) is 5.82 Å². The first-order valence-corrected chi connectivity index (χ1v) is 8.47. The summed E-state index contributed by atoms with van der Waals surface area (Å²) in [5, 5.41) is 57.9. The molecule has 5 N–H and O–H groups in total. The number of benzene rings is 1. The van der Waals surface area contributed by atoms with Crippen LogP contribution in [0.5, 0.6) is 0 Å². The van der Waals surface area contributed by atoms with E-state index in [1.54, 1.807) is 17.9 Å². The zero-order valence-corrected chi connectivity index (χ0v) is 14.4. The third-order valence-corrected chi connectivity index (χ3v) is 4.91. The lowest BCUT2D eigenvalue weighted by Gasteiger charge is -2.45. The maximum Gasteiger partial charge on any atom is 0.171 e. The topological polar surface area (TPSA) is 135 Å². The smallest absolute Gasteiger partial charge is 0.171 e. The monoisotopic (exact) mass is 364 g/mol. The molecule has 1 aromatic heterocycles. The Kier molecular flexibility index (Phi) is 5.54. The van der Waals surface area contributed by atoms with Crippen molar-refractivity contribution in [2.45, 2.75) is 49.5 Å². The molecule has 3 rings (SSSR count). The zero-order chi connectivity index (χ0) is 18.8. The van der Waals surface area contributed by atoms with Crippen LogP contribution in [0.3, 0.4) is 0 Å². The van der Waals surface area contributed by atoms with E-state index in [0.717, 1.165) is 12.0 Å². The summed E-state index contributed by atoms with van der Waals surface area (Å²) in [7, 11) is 1.57. The lowest BCUT2D eigenvalue weighted by atomic mass is 9.82. The molecule has 0 spiro atoms. The van der Waals surface area contributed by atoms with E-state index in [0.29, 0.717) is 12.4 Å².